The normalized spacial score (nSPS) is 28.6. The fourth-order valence-corrected chi connectivity index (χ4v) is 8.89. The highest BCUT2D eigenvalue weighted by atomic mass is 79.9. The molecule has 4 aliphatic heterocycles. The van der Waals surface area contributed by atoms with E-state index in [0.29, 0.717) is 44.7 Å². The second-order valence-corrected chi connectivity index (χ2v) is 15.1. The molecule has 12 nitrogen and oxygen atoms in total. The Labute approximate surface area is 303 Å². The van der Waals surface area contributed by atoms with E-state index in [4.69, 9.17) is 14.2 Å². The van der Waals surface area contributed by atoms with Gasteiger partial charge in [-0.2, -0.15) is 0 Å². The van der Waals surface area contributed by atoms with Gasteiger partial charge in [0.1, 0.15) is 17.7 Å². The zero-order chi connectivity index (χ0) is 36.0. The second kappa shape index (κ2) is 16.9. The Hall–Kier alpha value is -3.10. The highest BCUT2D eigenvalue weighted by molar-refractivity contribution is 9.09. The lowest BCUT2D eigenvalue weighted by atomic mass is 9.70. The summed E-state index contributed by atoms with van der Waals surface area (Å²) in [5.41, 5.74) is -0.634. The van der Waals surface area contributed by atoms with Crippen LogP contribution in [-0.4, -0.2) is 131 Å². The molecule has 4 aliphatic rings. The van der Waals surface area contributed by atoms with Gasteiger partial charge in [-0.05, 0) is 24.3 Å². The number of halogens is 1. The number of allylic oxidation sites excluding steroid dienone is 1. The molecule has 2 bridgehead atoms. The molecule has 50 heavy (non-hydrogen) atoms. The monoisotopic (exact) mass is 758 g/mol. The van der Waals surface area contributed by atoms with Gasteiger partial charge in [-0.25, -0.2) is 0 Å². The second-order valence-electron chi connectivity index (χ2n) is 13.9. The number of benzene rings is 1. The summed E-state index contributed by atoms with van der Waals surface area (Å²) in [5, 5.41) is 13.5. The summed E-state index contributed by atoms with van der Waals surface area (Å²) in [5.74, 6) is -3.75. The van der Waals surface area contributed by atoms with Gasteiger partial charge in [0, 0.05) is 44.0 Å². The van der Waals surface area contributed by atoms with Crippen LogP contribution in [0.4, 0.5) is 0 Å². The molecule has 0 aliphatic carbocycles. The molecule has 2 N–H and O–H groups in total. The quantitative estimate of drug-likeness (QED) is 0.140. The van der Waals surface area contributed by atoms with Crippen molar-refractivity contribution in [2.75, 3.05) is 59.1 Å². The zero-order valence-corrected chi connectivity index (χ0v) is 30.7. The van der Waals surface area contributed by atoms with Gasteiger partial charge in [0.25, 0.3) is 0 Å². The molecular formula is C37H51BrN4O8. The lowest BCUT2D eigenvalue weighted by Crippen LogP contribution is -2.60. The maximum absolute atomic E-state index is 14.8. The number of aliphatic hydroxyl groups is 1. The first-order valence-corrected chi connectivity index (χ1v) is 18.6. The van der Waals surface area contributed by atoms with Crippen LogP contribution in [0.15, 0.2) is 55.6 Å². The van der Waals surface area contributed by atoms with Crippen molar-refractivity contribution in [1.82, 2.24) is 20.0 Å². The smallest absolute Gasteiger partial charge is 0.313 e. The number of morpholine rings is 1. The Bertz CT molecular complexity index is 1390. The fraction of sp³-hybridized carbons (Fsp3) is 0.622. The van der Waals surface area contributed by atoms with Crippen molar-refractivity contribution in [2.24, 2.45) is 17.8 Å². The summed E-state index contributed by atoms with van der Waals surface area (Å²) >= 11 is 3.73. The van der Waals surface area contributed by atoms with Gasteiger partial charge in [-0.3, -0.25) is 24.1 Å². The maximum Gasteiger partial charge on any atom is 0.313 e. The summed E-state index contributed by atoms with van der Waals surface area (Å²) < 4.78 is 18.4. The van der Waals surface area contributed by atoms with Gasteiger partial charge < -0.3 is 34.4 Å². The number of alkyl halides is 1. The first-order chi connectivity index (χ1) is 24.1. The van der Waals surface area contributed by atoms with Gasteiger partial charge in [-0.1, -0.05) is 72.3 Å². The van der Waals surface area contributed by atoms with Crippen molar-refractivity contribution in [3.05, 3.63) is 61.2 Å². The lowest BCUT2D eigenvalue weighted by molar-refractivity contribution is -0.161. The predicted molar refractivity (Wildman–Crippen MR) is 190 cm³/mol. The van der Waals surface area contributed by atoms with E-state index in [-0.39, 0.29) is 48.7 Å². The van der Waals surface area contributed by atoms with Gasteiger partial charge in [0.05, 0.1) is 50.3 Å². The number of ether oxygens (including phenoxy) is 3. The molecule has 4 heterocycles. The van der Waals surface area contributed by atoms with Gasteiger partial charge in [-0.15, -0.1) is 13.2 Å². The van der Waals surface area contributed by atoms with Gasteiger partial charge in [0.15, 0.2) is 0 Å². The number of rotatable bonds is 17. The van der Waals surface area contributed by atoms with Gasteiger partial charge in [0.2, 0.25) is 17.7 Å². The minimum atomic E-state index is -1.32. The molecule has 4 saturated heterocycles. The van der Waals surface area contributed by atoms with E-state index in [2.05, 4.69) is 39.3 Å². The highest BCUT2D eigenvalue weighted by Gasteiger charge is 2.77. The first-order valence-electron chi connectivity index (χ1n) is 17.7. The molecule has 0 saturated carbocycles. The topological polar surface area (TPSA) is 138 Å². The van der Waals surface area contributed by atoms with Crippen molar-refractivity contribution in [3.63, 3.8) is 0 Å². The Morgan fingerprint density at radius 2 is 1.90 bits per heavy atom. The summed E-state index contributed by atoms with van der Waals surface area (Å²) in [4.78, 5) is 61.4. The Balaban J connectivity index is 1.46. The van der Waals surface area contributed by atoms with Gasteiger partial charge >= 0.3 is 5.97 Å². The number of carbonyl (C=O) groups excluding carboxylic acids is 4. The SMILES string of the molecule is C=CCCC(=O)NC[C@H](OC(=O)[C@H]1[C@@H]2O[C@@]3(CC2Br)[C@@H]1C(=O)N([C@@H](CO)C(C)C)[C@@H]3C(=O)N(CC=C)CCN1CCOCC1)c1ccccc1. The highest BCUT2D eigenvalue weighted by Crippen LogP contribution is 2.61. The molecule has 3 amide bonds. The molecule has 274 valence electrons. The number of fused-ring (bicyclic) bond motifs is 1. The third-order valence-electron chi connectivity index (χ3n) is 10.5. The van der Waals surface area contributed by atoms with E-state index >= 15 is 0 Å². The number of likely N-dealkylation sites (tertiary alicyclic amines) is 1. The summed E-state index contributed by atoms with van der Waals surface area (Å²) in [6.45, 7) is 15.1. The number of esters is 1. The largest absolute Gasteiger partial charge is 0.455 e. The van der Waals surface area contributed by atoms with E-state index < -0.39 is 53.6 Å². The van der Waals surface area contributed by atoms with Crippen molar-refractivity contribution < 1.29 is 38.5 Å². The number of hydrogen-bond acceptors (Lipinski definition) is 9. The molecule has 0 radical (unpaired) electrons. The third kappa shape index (κ3) is 7.72. The van der Waals surface area contributed by atoms with E-state index in [1.165, 1.54) is 4.90 Å². The van der Waals surface area contributed by atoms with E-state index in [9.17, 15) is 24.3 Å². The number of nitrogens with one attached hydrogen (secondary N) is 1. The van der Waals surface area contributed by atoms with Crippen molar-refractivity contribution >= 4 is 39.6 Å². The van der Waals surface area contributed by atoms with Crippen LogP contribution in [0.2, 0.25) is 0 Å². The molecule has 0 aromatic heterocycles. The Morgan fingerprint density at radius 3 is 2.54 bits per heavy atom. The Morgan fingerprint density at radius 1 is 1.18 bits per heavy atom. The van der Waals surface area contributed by atoms with E-state index in [1.54, 1.807) is 17.1 Å². The van der Waals surface area contributed by atoms with Crippen molar-refractivity contribution in [1.29, 1.82) is 0 Å². The predicted octanol–water partition coefficient (Wildman–Crippen LogP) is 2.47. The van der Waals surface area contributed by atoms with Crippen LogP contribution in [0.3, 0.4) is 0 Å². The number of amides is 3. The van der Waals surface area contributed by atoms with E-state index in [1.807, 2.05) is 44.2 Å². The van der Waals surface area contributed by atoms with Crippen LogP contribution >= 0.6 is 15.9 Å². The summed E-state index contributed by atoms with van der Waals surface area (Å²) in [6, 6.07) is 7.37. The third-order valence-corrected chi connectivity index (χ3v) is 11.3. The minimum absolute atomic E-state index is 0.0400. The molecule has 1 aromatic carbocycles. The van der Waals surface area contributed by atoms with Crippen LogP contribution in [0.25, 0.3) is 0 Å². The van der Waals surface area contributed by atoms with Crippen LogP contribution in [0.5, 0.6) is 0 Å². The first kappa shape index (κ1) is 38.1. The van der Waals surface area contributed by atoms with Crippen LogP contribution in [0, 0.1) is 17.8 Å². The molecule has 13 heteroatoms. The standard InChI is InChI=1S/C37H51BrN4O8/c1-5-7-13-29(44)39-22-28(25-11-9-8-10-12-25)49-36(47)30-31-34(45)42(27(23-43)24(3)4)33(37(31)21-26(38)32(30)50-37)35(46)41(14-6-2)16-15-40-17-19-48-20-18-40/h5-6,8-12,24,26-28,30-33,43H,1-2,7,13-23H2,3-4H3,(H,39,44)/t26?,27-,28-,30+,31-,32+,33+,37-/m0/s1. The number of carbonyl (C=O) groups is 4. The molecule has 8 atom stereocenters. The minimum Gasteiger partial charge on any atom is -0.455 e. The van der Waals surface area contributed by atoms with Crippen LogP contribution < -0.4 is 5.32 Å². The van der Waals surface area contributed by atoms with E-state index in [0.717, 1.165) is 13.1 Å². The van der Waals surface area contributed by atoms with Crippen molar-refractivity contribution in [3.8, 4) is 0 Å². The number of hydrogen-bond donors (Lipinski definition) is 2. The molecule has 1 spiro atoms. The average Bonchev–Trinajstić information content (AvgIpc) is 3.71. The Kier molecular flexibility index (Phi) is 12.9. The molecule has 1 unspecified atom stereocenters. The number of aliphatic hydroxyl groups excluding tert-OH is 1. The summed E-state index contributed by atoms with van der Waals surface area (Å²) in [7, 11) is 0. The molecule has 1 aromatic rings. The fourth-order valence-electron chi connectivity index (χ4n) is 7.94. The van der Waals surface area contributed by atoms with Crippen molar-refractivity contribution in [2.45, 2.75) is 67.8 Å². The molecule has 5 rings (SSSR count). The summed E-state index contributed by atoms with van der Waals surface area (Å²) in [6.07, 6.45) is 2.88. The zero-order valence-electron chi connectivity index (χ0n) is 29.1. The lowest BCUT2D eigenvalue weighted by Gasteiger charge is -2.41. The average molecular weight is 760 g/mol. The van der Waals surface area contributed by atoms with Crippen LogP contribution in [0.1, 0.15) is 44.8 Å². The maximum atomic E-state index is 14.8. The molecular weight excluding hydrogens is 708 g/mol. The van der Waals surface area contributed by atoms with Crippen LogP contribution in [-0.2, 0) is 33.4 Å². The number of nitrogens with zero attached hydrogens (tertiary/aromatic N) is 3. The molecule has 4 fully saturated rings.